The van der Waals surface area contributed by atoms with E-state index in [0.29, 0.717) is 6.42 Å². The third-order valence-corrected chi connectivity index (χ3v) is 4.24. The summed E-state index contributed by atoms with van der Waals surface area (Å²) in [6, 6.07) is 3.92. The van der Waals surface area contributed by atoms with Crippen molar-refractivity contribution >= 4 is 17.1 Å². The lowest BCUT2D eigenvalue weighted by Gasteiger charge is -2.39. The molecule has 15 heavy (non-hydrogen) atoms. The van der Waals surface area contributed by atoms with Crippen LogP contribution in [0.5, 0.6) is 0 Å². The fourth-order valence-corrected chi connectivity index (χ4v) is 2.79. The zero-order valence-corrected chi connectivity index (χ0v) is 10.0. The third kappa shape index (κ3) is 2.13. The predicted octanol–water partition coefficient (Wildman–Crippen LogP) is 3.20. The molecule has 1 saturated carbocycles. The van der Waals surface area contributed by atoms with Crippen LogP contribution in [0.2, 0.25) is 0 Å². The molecule has 0 bridgehead atoms. The van der Waals surface area contributed by atoms with Crippen LogP contribution in [0.25, 0.3) is 0 Å². The Labute approximate surface area is 94.3 Å². The quantitative estimate of drug-likeness (QED) is 0.734. The molecule has 0 amide bonds. The van der Waals surface area contributed by atoms with E-state index in [-0.39, 0.29) is 11.4 Å². The van der Waals surface area contributed by atoms with E-state index in [9.17, 15) is 4.79 Å². The Morgan fingerprint density at radius 2 is 2.27 bits per heavy atom. The minimum atomic E-state index is -0.144. The Morgan fingerprint density at radius 3 is 2.67 bits per heavy atom. The topological polar surface area (TPSA) is 26.3 Å². The second kappa shape index (κ2) is 4.06. The van der Waals surface area contributed by atoms with Crippen molar-refractivity contribution in [2.75, 3.05) is 7.11 Å². The first-order valence-electron chi connectivity index (χ1n) is 5.30. The van der Waals surface area contributed by atoms with Gasteiger partial charge in [-0.1, -0.05) is 0 Å². The summed E-state index contributed by atoms with van der Waals surface area (Å²) in [4.78, 5) is 14.0. The number of hydrogen-bond donors (Lipinski definition) is 0. The number of methoxy groups -OCH3 is 1. The molecule has 1 aromatic rings. The fraction of sp³-hybridized carbons (Fsp3) is 0.583. The molecular weight excluding hydrogens is 208 g/mol. The lowest BCUT2D eigenvalue weighted by Crippen LogP contribution is -2.41. The molecule has 1 aliphatic carbocycles. The van der Waals surface area contributed by atoms with Crippen LogP contribution >= 0.6 is 11.3 Å². The van der Waals surface area contributed by atoms with E-state index < -0.39 is 0 Å². The van der Waals surface area contributed by atoms with Gasteiger partial charge < -0.3 is 4.74 Å². The molecule has 0 spiro atoms. The molecule has 0 atom stereocenters. The largest absolute Gasteiger partial charge is 0.378 e. The van der Waals surface area contributed by atoms with E-state index in [4.69, 9.17) is 4.74 Å². The molecule has 82 valence electrons. The van der Waals surface area contributed by atoms with Crippen molar-refractivity contribution in [1.82, 2.24) is 0 Å². The maximum atomic E-state index is 12.0. The first kappa shape index (κ1) is 10.8. The normalized spacial score (nSPS) is 18.5. The minimum Gasteiger partial charge on any atom is -0.378 e. The average Bonchev–Trinajstić information content (AvgIpc) is 2.58. The molecule has 0 N–H and O–H groups in total. The maximum Gasteiger partial charge on any atom is 0.175 e. The van der Waals surface area contributed by atoms with Gasteiger partial charge in [0.1, 0.15) is 0 Å². The van der Waals surface area contributed by atoms with Crippen molar-refractivity contribution in [2.24, 2.45) is 0 Å². The Hall–Kier alpha value is -0.670. The van der Waals surface area contributed by atoms with Crippen LogP contribution in [0.4, 0.5) is 0 Å². The van der Waals surface area contributed by atoms with Gasteiger partial charge in [0.25, 0.3) is 0 Å². The van der Waals surface area contributed by atoms with E-state index >= 15 is 0 Å². The highest BCUT2D eigenvalue weighted by Gasteiger charge is 2.39. The molecule has 1 fully saturated rings. The SMILES string of the molecule is COC1(CC(=O)c2ccc(C)s2)CCC1. The van der Waals surface area contributed by atoms with Crippen molar-refractivity contribution in [3.63, 3.8) is 0 Å². The highest BCUT2D eigenvalue weighted by atomic mass is 32.1. The van der Waals surface area contributed by atoms with Crippen LogP contribution in [0.1, 0.15) is 40.2 Å². The maximum absolute atomic E-state index is 12.0. The summed E-state index contributed by atoms with van der Waals surface area (Å²) < 4.78 is 5.46. The zero-order valence-electron chi connectivity index (χ0n) is 9.21. The van der Waals surface area contributed by atoms with E-state index in [2.05, 4.69) is 0 Å². The first-order chi connectivity index (χ1) is 7.15. The molecule has 2 rings (SSSR count). The van der Waals surface area contributed by atoms with Crippen LogP contribution < -0.4 is 0 Å². The first-order valence-corrected chi connectivity index (χ1v) is 6.12. The highest BCUT2D eigenvalue weighted by Crippen LogP contribution is 2.39. The van der Waals surface area contributed by atoms with Gasteiger partial charge in [-0.3, -0.25) is 4.79 Å². The summed E-state index contributed by atoms with van der Waals surface area (Å²) in [5.41, 5.74) is -0.144. The second-order valence-electron chi connectivity index (χ2n) is 4.25. The van der Waals surface area contributed by atoms with E-state index in [1.807, 2.05) is 19.1 Å². The van der Waals surface area contributed by atoms with E-state index in [1.54, 1.807) is 18.4 Å². The van der Waals surface area contributed by atoms with Crippen molar-refractivity contribution in [3.8, 4) is 0 Å². The van der Waals surface area contributed by atoms with Gasteiger partial charge in [-0.05, 0) is 38.3 Å². The molecule has 0 saturated heterocycles. The fourth-order valence-electron chi connectivity index (χ4n) is 1.99. The Morgan fingerprint density at radius 1 is 1.53 bits per heavy atom. The van der Waals surface area contributed by atoms with Gasteiger partial charge >= 0.3 is 0 Å². The molecule has 1 aromatic heterocycles. The van der Waals surface area contributed by atoms with Crippen LogP contribution in [-0.2, 0) is 4.74 Å². The number of carbonyl (C=O) groups excluding carboxylic acids is 1. The molecule has 0 aliphatic heterocycles. The lowest BCUT2D eigenvalue weighted by molar-refractivity contribution is -0.0704. The van der Waals surface area contributed by atoms with Gasteiger partial charge in [-0.25, -0.2) is 0 Å². The number of ketones is 1. The summed E-state index contributed by atoms with van der Waals surface area (Å²) in [6.07, 6.45) is 3.78. The van der Waals surface area contributed by atoms with Gasteiger partial charge in [-0.15, -0.1) is 11.3 Å². The van der Waals surface area contributed by atoms with Gasteiger partial charge in [-0.2, -0.15) is 0 Å². The van der Waals surface area contributed by atoms with Crippen molar-refractivity contribution < 1.29 is 9.53 Å². The number of Topliss-reactive ketones (excluding diaryl/α,β-unsaturated/α-hetero) is 1. The van der Waals surface area contributed by atoms with Crippen LogP contribution in [0.3, 0.4) is 0 Å². The van der Waals surface area contributed by atoms with Crippen LogP contribution in [0.15, 0.2) is 12.1 Å². The summed E-state index contributed by atoms with van der Waals surface area (Å²) in [6.45, 7) is 2.02. The molecule has 0 aromatic carbocycles. The van der Waals surface area contributed by atoms with Crippen molar-refractivity contribution in [1.29, 1.82) is 0 Å². The summed E-state index contributed by atoms with van der Waals surface area (Å²) in [5, 5.41) is 0. The number of hydrogen-bond acceptors (Lipinski definition) is 3. The molecule has 1 aliphatic rings. The zero-order chi connectivity index (χ0) is 10.9. The van der Waals surface area contributed by atoms with Gasteiger partial charge in [0, 0.05) is 18.4 Å². The molecule has 3 heteroatoms. The summed E-state index contributed by atoms with van der Waals surface area (Å²) >= 11 is 1.58. The summed E-state index contributed by atoms with van der Waals surface area (Å²) in [5.74, 6) is 0.231. The Kier molecular flexibility index (Phi) is 2.94. The second-order valence-corrected chi connectivity index (χ2v) is 5.54. The smallest absolute Gasteiger partial charge is 0.175 e. The standard InChI is InChI=1S/C12H16O2S/c1-9-4-5-11(15-9)10(13)8-12(14-2)6-3-7-12/h4-5H,3,6-8H2,1-2H3. The van der Waals surface area contributed by atoms with Crippen molar-refractivity contribution in [3.05, 3.63) is 21.9 Å². The van der Waals surface area contributed by atoms with Crippen LogP contribution in [0, 0.1) is 6.92 Å². The number of thiophene rings is 1. The highest BCUT2D eigenvalue weighted by molar-refractivity contribution is 7.14. The Bertz CT molecular complexity index is 358. The molecule has 1 heterocycles. The minimum absolute atomic E-state index is 0.144. The van der Waals surface area contributed by atoms with E-state index in [0.717, 1.165) is 17.7 Å². The number of rotatable bonds is 4. The predicted molar refractivity (Wildman–Crippen MR) is 61.6 cm³/mol. The molecule has 2 nitrogen and oxygen atoms in total. The van der Waals surface area contributed by atoms with Gasteiger partial charge in [0.2, 0.25) is 0 Å². The number of carbonyl (C=O) groups is 1. The molecule has 0 radical (unpaired) electrons. The lowest BCUT2D eigenvalue weighted by atomic mass is 9.76. The monoisotopic (exact) mass is 224 g/mol. The van der Waals surface area contributed by atoms with Gasteiger partial charge in [0.05, 0.1) is 10.5 Å². The Balaban J connectivity index is 2.03. The molecular formula is C12H16O2S. The van der Waals surface area contributed by atoms with E-state index in [1.165, 1.54) is 11.3 Å². The third-order valence-electron chi connectivity index (χ3n) is 3.20. The molecule has 0 unspecified atom stereocenters. The van der Waals surface area contributed by atoms with Gasteiger partial charge in [0.15, 0.2) is 5.78 Å². The van der Waals surface area contributed by atoms with Crippen molar-refractivity contribution in [2.45, 2.75) is 38.2 Å². The number of aryl methyl sites for hydroxylation is 1. The summed E-state index contributed by atoms with van der Waals surface area (Å²) in [7, 11) is 1.71. The van der Waals surface area contributed by atoms with Crippen LogP contribution in [-0.4, -0.2) is 18.5 Å². The number of ether oxygens (including phenoxy) is 1. The average molecular weight is 224 g/mol.